The third-order valence-electron chi connectivity index (χ3n) is 2.03. The van der Waals surface area contributed by atoms with Crippen molar-refractivity contribution in [2.45, 2.75) is 13.8 Å². The van der Waals surface area contributed by atoms with E-state index in [0.29, 0.717) is 5.56 Å². The van der Waals surface area contributed by atoms with Gasteiger partial charge in [-0.3, -0.25) is 10.1 Å². The predicted molar refractivity (Wildman–Crippen MR) is 49.1 cm³/mol. The van der Waals surface area contributed by atoms with Gasteiger partial charge in [-0.05, 0) is 13.8 Å². The first-order valence-corrected chi connectivity index (χ1v) is 3.97. The summed E-state index contributed by atoms with van der Waals surface area (Å²) in [7, 11) is 1.33. The van der Waals surface area contributed by atoms with Gasteiger partial charge in [-0.1, -0.05) is 0 Å². The third-order valence-corrected chi connectivity index (χ3v) is 2.03. The van der Waals surface area contributed by atoms with E-state index in [2.05, 4.69) is 0 Å². The van der Waals surface area contributed by atoms with Crippen molar-refractivity contribution in [3.8, 4) is 5.75 Å². The number of methoxy groups -OCH3 is 1. The van der Waals surface area contributed by atoms with Crippen LogP contribution in [-0.2, 0) is 0 Å². The number of halogens is 1. The van der Waals surface area contributed by atoms with E-state index < -0.39 is 10.7 Å². The Morgan fingerprint density at radius 2 is 2.07 bits per heavy atom. The van der Waals surface area contributed by atoms with Crippen molar-refractivity contribution in [3.05, 3.63) is 33.1 Å². The van der Waals surface area contributed by atoms with E-state index in [4.69, 9.17) is 4.74 Å². The lowest BCUT2D eigenvalue weighted by molar-refractivity contribution is -0.385. The van der Waals surface area contributed by atoms with Gasteiger partial charge in [0.05, 0.1) is 17.6 Å². The van der Waals surface area contributed by atoms with E-state index in [1.54, 1.807) is 6.92 Å². The highest BCUT2D eigenvalue weighted by Gasteiger charge is 2.20. The third kappa shape index (κ3) is 1.53. The quantitative estimate of drug-likeness (QED) is 0.542. The summed E-state index contributed by atoms with van der Waals surface area (Å²) in [5.74, 6) is -0.604. The maximum atomic E-state index is 13.5. The molecule has 1 rings (SSSR count). The first kappa shape index (κ1) is 10.4. The molecular formula is C9H10FNO3. The van der Waals surface area contributed by atoms with Crippen molar-refractivity contribution in [2.75, 3.05) is 7.11 Å². The number of nitro groups is 1. The van der Waals surface area contributed by atoms with Crippen LogP contribution in [0.3, 0.4) is 0 Å². The molecule has 4 nitrogen and oxygen atoms in total. The largest absolute Gasteiger partial charge is 0.493 e. The molecule has 0 atom stereocenters. The van der Waals surface area contributed by atoms with Gasteiger partial charge in [0.15, 0.2) is 11.6 Å². The van der Waals surface area contributed by atoms with Gasteiger partial charge in [0.25, 0.3) is 5.69 Å². The van der Waals surface area contributed by atoms with Crippen molar-refractivity contribution in [1.82, 2.24) is 0 Å². The Labute approximate surface area is 80.5 Å². The van der Waals surface area contributed by atoms with Gasteiger partial charge in [0.2, 0.25) is 0 Å². The first-order chi connectivity index (χ1) is 6.49. The topological polar surface area (TPSA) is 52.4 Å². The fourth-order valence-electron chi connectivity index (χ4n) is 1.27. The molecule has 5 heteroatoms. The average molecular weight is 199 g/mol. The van der Waals surface area contributed by atoms with E-state index in [9.17, 15) is 14.5 Å². The van der Waals surface area contributed by atoms with Gasteiger partial charge < -0.3 is 4.74 Å². The van der Waals surface area contributed by atoms with Crippen molar-refractivity contribution >= 4 is 5.69 Å². The number of rotatable bonds is 2. The highest BCUT2D eigenvalue weighted by atomic mass is 19.1. The van der Waals surface area contributed by atoms with Gasteiger partial charge in [-0.15, -0.1) is 0 Å². The molecule has 0 amide bonds. The summed E-state index contributed by atoms with van der Waals surface area (Å²) in [5, 5.41) is 10.5. The second-order valence-electron chi connectivity index (χ2n) is 2.94. The van der Waals surface area contributed by atoms with Gasteiger partial charge in [-0.2, -0.15) is 0 Å². The number of benzene rings is 1. The standard InChI is InChI=1S/C9H10FNO3/c1-5-4-7(11(12)13)6(2)8(10)9(5)14-3/h4H,1-3H3. The zero-order valence-corrected chi connectivity index (χ0v) is 8.13. The van der Waals surface area contributed by atoms with Crippen LogP contribution in [0.4, 0.5) is 10.1 Å². The molecule has 0 heterocycles. The second kappa shape index (κ2) is 3.61. The van der Waals surface area contributed by atoms with Gasteiger partial charge in [0.1, 0.15) is 0 Å². The molecule has 0 radical (unpaired) electrons. The van der Waals surface area contributed by atoms with Crippen LogP contribution in [0, 0.1) is 29.8 Å². The second-order valence-corrected chi connectivity index (χ2v) is 2.94. The molecule has 0 N–H and O–H groups in total. The molecule has 0 bridgehead atoms. The Morgan fingerprint density at radius 1 is 1.50 bits per heavy atom. The lowest BCUT2D eigenvalue weighted by atomic mass is 10.1. The molecule has 0 saturated heterocycles. The molecule has 14 heavy (non-hydrogen) atoms. The van der Waals surface area contributed by atoms with E-state index in [1.165, 1.54) is 20.1 Å². The van der Waals surface area contributed by atoms with E-state index >= 15 is 0 Å². The van der Waals surface area contributed by atoms with Crippen molar-refractivity contribution in [2.24, 2.45) is 0 Å². The molecule has 76 valence electrons. The molecule has 0 spiro atoms. The van der Waals surface area contributed by atoms with Crippen LogP contribution in [0.25, 0.3) is 0 Å². The van der Waals surface area contributed by atoms with Crippen molar-refractivity contribution < 1.29 is 14.1 Å². The Hall–Kier alpha value is -1.65. The highest BCUT2D eigenvalue weighted by Crippen LogP contribution is 2.31. The Balaban J connectivity index is 3.47. The number of ether oxygens (including phenoxy) is 1. The summed E-state index contributed by atoms with van der Waals surface area (Å²) in [5.41, 5.74) is 0.195. The van der Waals surface area contributed by atoms with E-state index in [1.807, 2.05) is 0 Å². The monoisotopic (exact) mass is 199 g/mol. The summed E-state index contributed by atoms with van der Waals surface area (Å²) in [6, 6.07) is 1.30. The lowest BCUT2D eigenvalue weighted by Gasteiger charge is -2.08. The average Bonchev–Trinajstić information content (AvgIpc) is 2.12. The fourth-order valence-corrected chi connectivity index (χ4v) is 1.27. The normalized spacial score (nSPS) is 10.0. The minimum absolute atomic E-state index is 0.00236. The molecule has 0 saturated carbocycles. The number of nitro benzene ring substituents is 1. The summed E-state index contributed by atoms with van der Waals surface area (Å²) in [6.45, 7) is 2.92. The SMILES string of the molecule is COc1c(C)cc([N+](=O)[O-])c(C)c1F. The van der Waals surface area contributed by atoms with E-state index in [0.717, 1.165) is 0 Å². The fraction of sp³-hybridized carbons (Fsp3) is 0.333. The van der Waals surface area contributed by atoms with Crippen LogP contribution < -0.4 is 4.74 Å². The predicted octanol–water partition coefficient (Wildman–Crippen LogP) is 2.36. The number of aryl methyl sites for hydroxylation is 1. The molecule has 0 fully saturated rings. The Kier molecular flexibility index (Phi) is 2.69. The zero-order chi connectivity index (χ0) is 10.9. The van der Waals surface area contributed by atoms with Gasteiger partial charge in [-0.25, -0.2) is 4.39 Å². The summed E-state index contributed by atoms with van der Waals surface area (Å²) < 4.78 is 18.2. The zero-order valence-electron chi connectivity index (χ0n) is 8.13. The molecule has 0 aromatic heterocycles. The van der Waals surface area contributed by atoms with E-state index in [-0.39, 0.29) is 17.0 Å². The number of nitrogens with zero attached hydrogens (tertiary/aromatic N) is 1. The molecule has 1 aromatic rings. The maximum absolute atomic E-state index is 13.5. The van der Waals surface area contributed by atoms with Crippen LogP contribution in [-0.4, -0.2) is 12.0 Å². The van der Waals surface area contributed by atoms with Crippen molar-refractivity contribution in [1.29, 1.82) is 0 Å². The van der Waals surface area contributed by atoms with Gasteiger partial charge in [0, 0.05) is 11.6 Å². The Bertz CT molecular complexity index is 390. The molecular weight excluding hydrogens is 189 g/mol. The summed E-state index contributed by atoms with van der Waals surface area (Å²) >= 11 is 0. The molecule has 1 aromatic carbocycles. The summed E-state index contributed by atoms with van der Waals surface area (Å²) in [6.07, 6.45) is 0. The van der Waals surface area contributed by atoms with Crippen LogP contribution in [0.1, 0.15) is 11.1 Å². The molecule has 0 unspecified atom stereocenters. The minimum atomic E-state index is -0.667. The molecule has 0 aliphatic rings. The maximum Gasteiger partial charge on any atom is 0.275 e. The molecule has 0 aliphatic carbocycles. The highest BCUT2D eigenvalue weighted by molar-refractivity contribution is 5.50. The van der Waals surface area contributed by atoms with Crippen LogP contribution >= 0.6 is 0 Å². The van der Waals surface area contributed by atoms with Gasteiger partial charge >= 0.3 is 0 Å². The lowest BCUT2D eigenvalue weighted by Crippen LogP contribution is -1.99. The molecule has 0 aliphatic heterocycles. The first-order valence-electron chi connectivity index (χ1n) is 3.97. The Morgan fingerprint density at radius 3 is 2.50 bits per heavy atom. The minimum Gasteiger partial charge on any atom is -0.493 e. The van der Waals surface area contributed by atoms with Crippen molar-refractivity contribution in [3.63, 3.8) is 0 Å². The number of hydrogen-bond acceptors (Lipinski definition) is 3. The van der Waals surface area contributed by atoms with Crippen LogP contribution in [0.15, 0.2) is 6.07 Å². The summed E-state index contributed by atoms with van der Waals surface area (Å²) in [4.78, 5) is 9.92. The van der Waals surface area contributed by atoms with Crippen LogP contribution in [0.5, 0.6) is 5.75 Å². The van der Waals surface area contributed by atoms with Crippen LogP contribution in [0.2, 0.25) is 0 Å². The number of hydrogen-bond donors (Lipinski definition) is 0. The smallest absolute Gasteiger partial charge is 0.275 e.